The van der Waals surface area contributed by atoms with Crippen molar-refractivity contribution < 1.29 is 29.0 Å². The number of carbonyl (C=O) groups is 3. The van der Waals surface area contributed by atoms with Crippen LogP contribution in [0.25, 0.3) is 0 Å². The number of ether oxygens (including phenoxy) is 2. The smallest absolute Gasteiger partial charge is 0.320 e. The van der Waals surface area contributed by atoms with Crippen LogP contribution in [-0.2, 0) is 23.9 Å². The summed E-state index contributed by atoms with van der Waals surface area (Å²) >= 11 is 0. The Labute approximate surface area is 97.8 Å². The molecule has 17 heavy (non-hydrogen) atoms. The summed E-state index contributed by atoms with van der Waals surface area (Å²) in [7, 11) is 0. The van der Waals surface area contributed by atoms with Crippen LogP contribution in [0.4, 0.5) is 0 Å². The molecule has 8 heteroatoms. The first-order valence-electron chi connectivity index (χ1n) is 4.97. The molecule has 98 valence electrons. The maximum atomic E-state index is 11.0. The van der Waals surface area contributed by atoms with Crippen molar-refractivity contribution in [2.24, 2.45) is 11.5 Å². The highest BCUT2D eigenvalue weighted by atomic mass is 16.6. The molecule has 0 fully saturated rings. The molecule has 0 aliphatic rings. The highest BCUT2D eigenvalue weighted by molar-refractivity contribution is 5.75. The second-order valence-electron chi connectivity index (χ2n) is 3.13. The van der Waals surface area contributed by atoms with E-state index < -0.39 is 23.9 Å². The fourth-order valence-electron chi connectivity index (χ4n) is 0.839. The van der Waals surface area contributed by atoms with Gasteiger partial charge in [0.2, 0.25) is 0 Å². The van der Waals surface area contributed by atoms with Crippen LogP contribution in [0.5, 0.6) is 0 Å². The molecule has 0 heterocycles. The Morgan fingerprint density at radius 3 is 2.12 bits per heavy atom. The molecule has 0 aliphatic heterocycles. The SMILES string of the molecule is NCC(=O)OCCOC(=O)CC[C@H](N)C(=O)O. The lowest BCUT2D eigenvalue weighted by Gasteiger charge is -2.07. The van der Waals surface area contributed by atoms with Crippen molar-refractivity contribution in [1.82, 2.24) is 0 Å². The number of carboxylic acids is 1. The lowest BCUT2D eigenvalue weighted by atomic mass is 10.2. The van der Waals surface area contributed by atoms with Crippen LogP contribution in [0.15, 0.2) is 0 Å². The van der Waals surface area contributed by atoms with Gasteiger partial charge in [-0.05, 0) is 6.42 Å². The minimum atomic E-state index is -1.17. The van der Waals surface area contributed by atoms with E-state index in [1.807, 2.05) is 0 Å². The lowest BCUT2D eigenvalue weighted by molar-refractivity contribution is -0.151. The quantitative estimate of drug-likeness (QED) is 0.338. The normalized spacial score (nSPS) is 11.6. The van der Waals surface area contributed by atoms with Crippen molar-refractivity contribution in [3.05, 3.63) is 0 Å². The highest BCUT2D eigenvalue weighted by Crippen LogP contribution is 1.97. The van der Waals surface area contributed by atoms with Crippen LogP contribution in [0.2, 0.25) is 0 Å². The van der Waals surface area contributed by atoms with Gasteiger partial charge in [0.05, 0.1) is 6.54 Å². The average Bonchev–Trinajstić information content (AvgIpc) is 2.30. The summed E-state index contributed by atoms with van der Waals surface area (Å²) in [6, 6.07) is -1.09. The second kappa shape index (κ2) is 8.48. The van der Waals surface area contributed by atoms with Gasteiger partial charge in [-0.15, -0.1) is 0 Å². The van der Waals surface area contributed by atoms with Gasteiger partial charge in [0, 0.05) is 6.42 Å². The third kappa shape index (κ3) is 8.17. The molecule has 0 bridgehead atoms. The molecule has 0 aliphatic carbocycles. The van der Waals surface area contributed by atoms with Gasteiger partial charge in [-0.1, -0.05) is 0 Å². The van der Waals surface area contributed by atoms with E-state index in [1.165, 1.54) is 0 Å². The van der Waals surface area contributed by atoms with Crippen molar-refractivity contribution in [1.29, 1.82) is 0 Å². The van der Waals surface area contributed by atoms with Crippen LogP contribution in [0, 0.1) is 0 Å². The second-order valence-corrected chi connectivity index (χ2v) is 3.13. The van der Waals surface area contributed by atoms with E-state index in [1.54, 1.807) is 0 Å². The first-order chi connectivity index (χ1) is 7.97. The maximum absolute atomic E-state index is 11.0. The maximum Gasteiger partial charge on any atom is 0.320 e. The number of hydrogen-bond acceptors (Lipinski definition) is 7. The third-order valence-electron chi connectivity index (χ3n) is 1.75. The first-order valence-corrected chi connectivity index (χ1v) is 4.97. The predicted octanol–water partition coefficient (Wildman–Crippen LogP) is -1.78. The fourth-order valence-corrected chi connectivity index (χ4v) is 0.839. The average molecular weight is 248 g/mol. The highest BCUT2D eigenvalue weighted by Gasteiger charge is 2.14. The third-order valence-corrected chi connectivity index (χ3v) is 1.75. The van der Waals surface area contributed by atoms with E-state index in [-0.39, 0.29) is 32.6 Å². The molecular formula is C9H16N2O6. The van der Waals surface area contributed by atoms with Crippen LogP contribution >= 0.6 is 0 Å². The Kier molecular flexibility index (Phi) is 7.65. The fraction of sp³-hybridized carbons (Fsp3) is 0.667. The zero-order chi connectivity index (χ0) is 13.3. The summed E-state index contributed by atoms with van der Waals surface area (Å²) in [6.45, 7) is -0.402. The zero-order valence-corrected chi connectivity index (χ0v) is 9.26. The predicted molar refractivity (Wildman–Crippen MR) is 55.8 cm³/mol. The molecule has 0 aromatic heterocycles. The zero-order valence-electron chi connectivity index (χ0n) is 9.26. The van der Waals surface area contributed by atoms with E-state index >= 15 is 0 Å². The number of carbonyl (C=O) groups excluding carboxylic acids is 2. The monoisotopic (exact) mass is 248 g/mol. The number of esters is 2. The molecule has 0 saturated heterocycles. The van der Waals surface area contributed by atoms with Gasteiger partial charge < -0.3 is 26.0 Å². The van der Waals surface area contributed by atoms with E-state index in [0.29, 0.717) is 0 Å². The molecule has 8 nitrogen and oxygen atoms in total. The molecule has 0 radical (unpaired) electrons. The number of hydrogen-bond donors (Lipinski definition) is 3. The van der Waals surface area contributed by atoms with Gasteiger partial charge >= 0.3 is 17.9 Å². The molecular weight excluding hydrogens is 232 g/mol. The topological polar surface area (TPSA) is 142 Å². The number of nitrogens with two attached hydrogens (primary N) is 2. The van der Waals surface area contributed by atoms with Gasteiger partial charge in [-0.25, -0.2) is 0 Å². The minimum absolute atomic E-state index is 0.00322. The van der Waals surface area contributed by atoms with Crippen molar-refractivity contribution in [3.63, 3.8) is 0 Å². The number of rotatable bonds is 8. The van der Waals surface area contributed by atoms with Crippen LogP contribution in [-0.4, -0.2) is 48.8 Å². The molecule has 0 amide bonds. The van der Waals surface area contributed by atoms with Gasteiger partial charge in [0.25, 0.3) is 0 Å². The van der Waals surface area contributed by atoms with Gasteiger partial charge in [0.1, 0.15) is 19.3 Å². The molecule has 0 aromatic rings. The van der Waals surface area contributed by atoms with Crippen molar-refractivity contribution in [2.75, 3.05) is 19.8 Å². The molecule has 0 saturated carbocycles. The van der Waals surface area contributed by atoms with Gasteiger partial charge in [0.15, 0.2) is 0 Å². The van der Waals surface area contributed by atoms with Crippen molar-refractivity contribution in [3.8, 4) is 0 Å². The first kappa shape index (κ1) is 15.3. The number of aliphatic carboxylic acids is 1. The summed E-state index contributed by atoms with van der Waals surface area (Å²) in [5, 5.41) is 8.45. The Morgan fingerprint density at radius 1 is 1.12 bits per heavy atom. The van der Waals surface area contributed by atoms with E-state index in [2.05, 4.69) is 9.47 Å². The van der Waals surface area contributed by atoms with Crippen molar-refractivity contribution >= 4 is 17.9 Å². The van der Waals surface area contributed by atoms with Crippen LogP contribution in [0.1, 0.15) is 12.8 Å². The van der Waals surface area contributed by atoms with E-state index in [9.17, 15) is 14.4 Å². The van der Waals surface area contributed by atoms with E-state index in [4.69, 9.17) is 16.6 Å². The number of carboxylic acid groups (broad SMARTS) is 1. The van der Waals surface area contributed by atoms with Gasteiger partial charge in [-0.3, -0.25) is 14.4 Å². The molecule has 0 aromatic carbocycles. The Bertz CT molecular complexity index is 281. The largest absolute Gasteiger partial charge is 0.480 e. The van der Waals surface area contributed by atoms with Crippen LogP contribution in [0.3, 0.4) is 0 Å². The molecule has 0 unspecified atom stereocenters. The standard InChI is InChI=1S/C9H16N2O6/c10-5-8(13)17-4-3-16-7(12)2-1-6(11)9(14)15/h6H,1-5,10-11H2,(H,14,15)/t6-/m0/s1. The van der Waals surface area contributed by atoms with E-state index in [0.717, 1.165) is 0 Å². The lowest BCUT2D eigenvalue weighted by Crippen LogP contribution is -2.30. The van der Waals surface area contributed by atoms with Gasteiger partial charge in [-0.2, -0.15) is 0 Å². The Hall–Kier alpha value is -1.67. The van der Waals surface area contributed by atoms with Crippen molar-refractivity contribution in [2.45, 2.75) is 18.9 Å². The molecule has 0 spiro atoms. The molecule has 0 rings (SSSR count). The Balaban J connectivity index is 3.53. The van der Waals surface area contributed by atoms with Crippen LogP contribution < -0.4 is 11.5 Å². The summed E-state index contributed by atoms with van der Waals surface area (Å²) in [5.41, 5.74) is 10.2. The summed E-state index contributed by atoms with van der Waals surface area (Å²) in [4.78, 5) is 32.0. The summed E-state index contributed by atoms with van der Waals surface area (Å²) < 4.78 is 9.21. The minimum Gasteiger partial charge on any atom is -0.480 e. The molecule has 5 N–H and O–H groups in total. The Morgan fingerprint density at radius 2 is 1.65 bits per heavy atom. The molecule has 1 atom stereocenters. The summed E-state index contributed by atoms with van der Waals surface area (Å²) in [5.74, 6) is -2.35. The summed E-state index contributed by atoms with van der Waals surface area (Å²) in [6.07, 6.45) is -0.102.